The van der Waals surface area contributed by atoms with E-state index in [1.165, 1.54) is 0 Å². The van der Waals surface area contributed by atoms with Crippen molar-refractivity contribution in [3.63, 3.8) is 0 Å². The summed E-state index contributed by atoms with van der Waals surface area (Å²) in [6, 6.07) is 13.8. The maximum atomic E-state index is 11.7. The number of hydrogen-bond donors (Lipinski definition) is 2. The van der Waals surface area contributed by atoms with Gasteiger partial charge in [-0.05, 0) is 29.7 Å². The van der Waals surface area contributed by atoms with Crippen molar-refractivity contribution >= 4 is 41.5 Å². The lowest BCUT2D eigenvalue weighted by Gasteiger charge is -2.15. The van der Waals surface area contributed by atoms with Crippen LogP contribution in [0.2, 0.25) is 0 Å². The summed E-state index contributed by atoms with van der Waals surface area (Å²) in [6.45, 7) is 3.31. The fourth-order valence-electron chi connectivity index (χ4n) is 3.45. The smallest absolute Gasteiger partial charge is 0.222 e. The van der Waals surface area contributed by atoms with Crippen molar-refractivity contribution in [2.45, 2.75) is 32.4 Å². The lowest BCUT2D eigenvalue weighted by atomic mass is 10.1. The predicted octanol–water partition coefficient (Wildman–Crippen LogP) is 3.52. The molecule has 0 bridgehead atoms. The van der Waals surface area contributed by atoms with Crippen molar-refractivity contribution in [1.29, 1.82) is 0 Å². The lowest BCUT2D eigenvalue weighted by Crippen LogP contribution is -2.23. The van der Waals surface area contributed by atoms with Crippen LogP contribution in [-0.4, -0.2) is 36.5 Å². The van der Waals surface area contributed by atoms with Gasteiger partial charge in [-0.1, -0.05) is 24.3 Å². The first-order chi connectivity index (χ1) is 14.2. The number of nitrogens with zero attached hydrogens (tertiary/aromatic N) is 2. The standard InChI is InChI=1S/C22H26N4O3.HI/c23-22(25-18-8-9-19-20(13-18)29-12-2-11-28-19)24-14-16-4-6-17(7-5-16)15-26-10-1-3-21(26)27;/h4-9,13H,1-3,10-12,14-15H2,(H3,23,24,25);1H. The number of guanidine groups is 1. The van der Waals surface area contributed by atoms with Crippen LogP contribution < -0.4 is 20.5 Å². The average Bonchev–Trinajstić information content (AvgIpc) is 2.98. The van der Waals surface area contributed by atoms with E-state index in [1.54, 1.807) is 0 Å². The molecule has 30 heavy (non-hydrogen) atoms. The zero-order chi connectivity index (χ0) is 20.1. The third-order valence-corrected chi connectivity index (χ3v) is 5.02. The molecule has 1 saturated heterocycles. The topological polar surface area (TPSA) is 89.2 Å². The predicted molar refractivity (Wildman–Crippen MR) is 128 cm³/mol. The number of carbonyl (C=O) groups excluding carboxylic acids is 1. The van der Waals surface area contributed by atoms with Crippen LogP contribution in [0.15, 0.2) is 47.5 Å². The molecule has 0 aromatic heterocycles. The van der Waals surface area contributed by atoms with Crippen molar-refractivity contribution in [3.8, 4) is 11.5 Å². The largest absolute Gasteiger partial charge is 0.490 e. The van der Waals surface area contributed by atoms with E-state index in [0.29, 0.717) is 44.4 Å². The lowest BCUT2D eigenvalue weighted by molar-refractivity contribution is -0.128. The highest BCUT2D eigenvalue weighted by Gasteiger charge is 2.19. The third-order valence-electron chi connectivity index (χ3n) is 5.02. The Bertz CT molecular complexity index is 902. The molecule has 0 unspecified atom stereocenters. The Balaban J connectivity index is 0.00000256. The molecule has 2 heterocycles. The molecule has 3 N–H and O–H groups in total. The van der Waals surface area contributed by atoms with Crippen LogP contribution in [0.25, 0.3) is 0 Å². The molecule has 1 fully saturated rings. The van der Waals surface area contributed by atoms with Crippen molar-refractivity contribution in [2.24, 2.45) is 10.7 Å². The maximum absolute atomic E-state index is 11.7. The number of hydrogen-bond acceptors (Lipinski definition) is 4. The summed E-state index contributed by atoms with van der Waals surface area (Å²) in [5.74, 6) is 2.05. The highest BCUT2D eigenvalue weighted by molar-refractivity contribution is 14.0. The molecule has 2 aromatic carbocycles. The molecular weight excluding hydrogens is 495 g/mol. The summed E-state index contributed by atoms with van der Waals surface area (Å²) in [7, 11) is 0. The minimum absolute atomic E-state index is 0. The van der Waals surface area contributed by atoms with Crippen molar-refractivity contribution in [3.05, 3.63) is 53.6 Å². The van der Waals surface area contributed by atoms with Crippen molar-refractivity contribution in [1.82, 2.24) is 4.90 Å². The van der Waals surface area contributed by atoms with E-state index in [4.69, 9.17) is 15.2 Å². The highest BCUT2D eigenvalue weighted by Crippen LogP contribution is 2.32. The molecule has 0 saturated carbocycles. The van der Waals surface area contributed by atoms with Gasteiger partial charge >= 0.3 is 0 Å². The van der Waals surface area contributed by atoms with Gasteiger partial charge in [0, 0.05) is 37.7 Å². The molecule has 2 aliphatic rings. The number of carbonyl (C=O) groups is 1. The third kappa shape index (κ3) is 5.78. The van der Waals surface area contributed by atoms with E-state index in [-0.39, 0.29) is 29.9 Å². The second-order valence-electron chi connectivity index (χ2n) is 7.27. The van der Waals surface area contributed by atoms with Gasteiger partial charge in [0.1, 0.15) is 0 Å². The first-order valence-corrected chi connectivity index (χ1v) is 9.99. The SMILES string of the molecule is I.NC(=NCc1ccc(CN2CCCC2=O)cc1)Nc1ccc2c(c1)OCCCO2. The van der Waals surface area contributed by atoms with Gasteiger partial charge in [0.25, 0.3) is 0 Å². The van der Waals surface area contributed by atoms with E-state index in [2.05, 4.69) is 10.3 Å². The number of fused-ring (bicyclic) bond motifs is 1. The van der Waals surface area contributed by atoms with Crippen LogP contribution in [-0.2, 0) is 17.9 Å². The van der Waals surface area contributed by atoms with Crippen LogP contribution in [0.5, 0.6) is 11.5 Å². The summed E-state index contributed by atoms with van der Waals surface area (Å²) in [5.41, 5.74) is 9.03. The number of nitrogens with two attached hydrogens (primary N) is 1. The minimum atomic E-state index is 0. The maximum Gasteiger partial charge on any atom is 0.222 e. The molecule has 7 nitrogen and oxygen atoms in total. The van der Waals surface area contributed by atoms with Crippen LogP contribution in [0, 0.1) is 0 Å². The van der Waals surface area contributed by atoms with Crippen LogP contribution in [0.3, 0.4) is 0 Å². The van der Waals surface area contributed by atoms with Crippen molar-refractivity contribution < 1.29 is 14.3 Å². The second kappa shape index (κ2) is 10.5. The van der Waals surface area contributed by atoms with E-state index < -0.39 is 0 Å². The number of halogens is 1. The molecular formula is C22H27IN4O3. The van der Waals surface area contributed by atoms with E-state index in [9.17, 15) is 4.79 Å². The second-order valence-corrected chi connectivity index (χ2v) is 7.27. The normalized spacial score (nSPS) is 16.1. The van der Waals surface area contributed by atoms with Gasteiger partial charge in [0.05, 0.1) is 19.8 Å². The number of likely N-dealkylation sites (tertiary alicyclic amines) is 1. The zero-order valence-electron chi connectivity index (χ0n) is 16.8. The van der Waals surface area contributed by atoms with Crippen molar-refractivity contribution in [2.75, 3.05) is 25.1 Å². The molecule has 0 radical (unpaired) electrons. The fraction of sp³-hybridized carbons (Fsp3) is 0.364. The van der Waals surface area contributed by atoms with E-state index in [1.807, 2.05) is 47.4 Å². The van der Waals surface area contributed by atoms with Gasteiger partial charge < -0.3 is 25.4 Å². The Hall–Kier alpha value is -2.49. The summed E-state index contributed by atoms with van der Waals surface area (Å²) in [4.78, 5) is 18.1. The Kier molecular flexibility index (Phi) is 7.78. The summed E-state index contributed by atoms with van der Waals surface area (Å²) >= 11 is 0. The Labute approximate surface area is 193 Å². The molecule has 8 heteroatoms. The van der Waals surface area contributed by atoms with Gasteiger partial charge in [-0.15, -0.1) is 24.0 Å². The summed E-state index contributed by atoms with van der Waals surface area (Å²) < 4.78 is 11.3. The molecule has 160 valence electrons. The monoisotopic (exact) mass is 522 g/mol. The first kappa shape index (κ1) is 22.2. The van der Waals surface area contributed by atoms with Crippen LogP contribution in [0.1, 0.15) is 30.4 Å². The van der Waals surface area contributed by atoms with Gasteiger partial charge in [-0.3, -0.25) is 4.79 Å². The number of nitrogens with one attached hydrogen (secondary N) is 1. The van der Waals surface area contributed by atoms with E-state index >= 15 is 0 Å². The number of rotatable bonds is 5. The number of anilines is 1. The van der Waals surface area contributed by atoms with Gasteiger partial charge in [-0.25, -0.2) is 4.99 Å². The average molecular weight is 522 g/mol. The summed E-state index contributed by atoms with van der Waals surface area (Å²) in [6.07, 6.45) is 2.50. The zero-order valence-corrected chi connectivity index (χ0v) is 19.1. The number of aliphatic imine (C=N–C) groups is 1. The number of benzene rings is 2. The molecule has 2 aromatic rings. The highest BCUT2D eigenvalue weighted by atomic mass is 127. The Morgan fingerprint density at radius 1 is 1.03 bits per heavy atom. The van der Waals surface area contributed by atoms with E-state index in [0.717, 1.165) is 42.0 Å². The molecule has 0 aliphatic carbocycles. The first-order valence-electron chi connectivity index (χ1n) is 9.99. The minimum Gasteiger partial charge on any atom is -0.490 e. The summed E-state index contributed by atoms with van der Waals surface area (Å²) in [5, 5.41) is 3.10. The van der Waals surface area contributed by atoms with Gasteiger partial charge in [0.15, 0.2) is 17.5 Å². The Morgan fingerprint density at radius 2 is 1.77 bits per heavy atom. The van der Waals surface area contributed by atoms with Gasteiger partial charge in [-0.2, -0.15) is 0 Å². The molecule has 1 amide bonds. The molecule has 2 aliphatic heterocycles. The molecule has 4 rings (SSSR count). The number of ether oxygens (including phenoxy) is 2. The van der Waals surface area contributed by atoms with Crippen LogP contribution >= 0.6 is 24.0 Å². The number of amides is 1. The Morgan fingerprint density at radius 3 is 2.50 bits per heavy atom. The van der Waals surface area contributed by atoms with Crippen LogP contribution in [0.4, 0.5) is 5.69 Å². The quantitative estimate of drug-likeness (QED) is 0.357. The fourth-order valence-corrected chi connectivity index (χ4v) is 3.45. The molecule has 0 spiro atoms. The molecule has 0 atom stereocenters. The van der Waals surface area contributed by atoms with Gasteiger partial charge in [0.2, 0.25) is 5.91 Å².